The van der Waals surface area contributed by atoms with Crippen molar-refractivity contribution in [3.63, 3.8) is 0 Å². The number of carbonyl (C=O) groups is 2. The van der Waals surface area contributed by atoms with Crippen molar-refractivity contribution >= 4 is 27.7 Å². The van der Waals surface area contributed by atoms with Gasteiger partial charge in [-0.05, 0) is 47.0 Å². The van der Waals surface area contributed by atoms with E-state index >= 15 is 0 Å². The molecule has 0 radical (unpaired) electrons. The lowest BCUT2D eigenvalue weighted by molar-refractivity contribution is -0.129. The molecule has 136 valence electrons. The molecule has 3 rings (SSSR count). The molecule has 1 aliphatic rings. The topological polar surface area (TPSA) is 62.3 Å². The highest BCUT2D eigenvalue weighted by molar-refractivity contribution is 9.10. The Morgan fingerprint density at radius 2 is 2.04 bits per heavy atom. The normalized spacial score (nSPS) is 15.2. The van der Waals surface area contributed by atoms with Crippen LogP contribution < -0.4 is 5.32 Å². The number of nitrogens with one attached hydrogen (secondary N) is 1. The van der Waals surface area contributed by atoms with Crippen LogP contribution in [-0.4, -0.2) is 34.8 Å². The fourth-order valence-electron chi connectivity index (χ4n) is 3.15. The summed E-state index contributed by atoms with van der Waals surface area (Å²) >= 11 is 3.45. The molecule has 0 bridgehead atoms. The molecule has 1 N–H and O–H groups in total. The Kier molecular flexibility index (Phi) is 6.04. The highest BCUT2D eigenvalue weighted by atomic mass is 79.9. The first-order valence-corrected chi connectivity index (χ1v) is 9.56. The Balaban J connectivity index is 1.73. The number of carbonyl (C=O) groups excluding carboxylic acids is 2. The fraction of sp³-hybridized carbons (Fsp3) is 0.350. The number of nitrogens with zero attached hydrogens (tertiary/aromatic N) is 2. The monoisotopic (exact) mass is 415 g/mol. The van der Waals surface area contributed by atoms with Gasteiger partial charge in [0.25, 0.3) is 0 Å². The minimum absolute atomic E-state index is 0.107. The largest absolute Gasteiger partial charge is 0.347 e. The first-order valence-electron chi connectivity index (χ1n) is 8.77. The predicted octanol–water partition coefficient (Wildman–Crippen LogP) is 3.17. The van der Waals surface area contributed by atoms with Crippen LogP contribution in [0.25, 0.3) is 0 Å². The summed E-state index contributed by atoms with van der Waals surface area (Å²) in [5.74, 6) is 0.0487. The molecule has 2 heterocycles. The van der Waals surface area contributed by atoms with Crippen molar-refractivity contribution in [1.29, 1.82) is 0 Å². The molecule has 1 saturated heterocycles. The number of likely N-dealkylation sites (tertiary alicyclic amines) is 1. The molecule has 1 aromatic heterocycles. The van der Waals surface area contributed by atoms with Gasteiger partial charge in [-0.1, -0.05) is 30.3 Å². The van der Waals surface area contributed by atoms with Crippen LogP contribution in [0.5, 0.6) is 0 Å². The number of benzene rings is 1. The summed E-state index contributed by atoms with van der Waals surface area (Å²) in [5, 5.41) is 3.08. The Hall–Kier alpha value is -2.21. The van der Waals surface area contributed by atoms with E-state index in [4.69, 9.17) is 0 Å². The van der Waals surface area contributed by atoms with Gasteiger partial charge < -0.3 is 10.2 Å². The Morgan fingerprint density at radius 1 is 1.27 bits per heavy atom. The molecular weight excluding hydrogens is 394 g/mol. The second-order valence-corrected chi connectivity index (χ2v) is 7.39. The van der Waals surface area contributed by atoms with Crippen molar-refractivity contribution in [1.82, 2.24) is 15.2 Å². The zero-order chi connectivity index (χ0) is 18.5. The summed E-state index contributed by atoms with van der Waals surface area (Å²) in [6, 6.07) is 13.4. The first-order chi connectivity index (χ1) is 12.5. The van der Waals surface area contributed by atoms with E-state index in [2.05, 4.69) is 26.2 Å². The third-order valence-corrected chi connectivity index (χ3v) is 5.22. The van der Waals surface area contributed by atoms with E-state index in [1.165, 1.54) is 0 Å². The van der Waals surface area contributed by atoms with Gasteiger partial charge in [0.2, 0.25) is 11.8 Å². The average Bonchev–Trinajstić information content (AvgIpc) is 3.03. The molecule has 1 unspecified atom stereocenters. The van der Waals surface area contributed by atoms with E-state index in [0.29, 0.717) is 18.7 Å². The molecule has 1 atom stereocenters. The van der Waals surface area contributed by atoms with Crippen molar-refractivity contribution in [2.75, 3.05) is 13.1 Å². The van der Waals surface area contributed by atoms with Crippen LogP contribution in [0.2, 0.25) is 0 Å². The SMILES string of the molecule is Cc1ccc(Br)c(CC(=O)NC(CN2CCCC2=O)c2ccccc2)n1. The number of hydrogen-bond acceptors (Lipinski definition) is 3. The second kappa shape index (κ2) is 8.45. The summed E-state index contributed by atoms with van der Waals surface area (Å²) in [6.45, 7) is 3.15. The molecule has 2 amide bonds. The van der Waals surface area contributed by atoms with Crippen LogP contribution in [0, 0.1) is 6.92 Å². The van der Waals surface area contributed by atoms with Crippen molar-refractivity contribution in [2.24, 2.45) is 0 Å². The number of amides is 2. The molecular formula is C20H22BrN3O2. The van der Waals surface area contributed by atoms with Crippen LogP contribution in [0.1, 0.15) is 35.8 Å². The number of pyridine rings is 1. The van der Waals surface area contributed by atoms with Crippen molar-refractivity contribution in [2.45, 2.75) is 32.2 Å². The Labute approximate surface area is 161 Å². The number of rotatable bonds is 6. The summed E-state index contributed by atoms with van der Waals surface area (Å²) in [6.07, 6.45) is 1.67. The smallest absolute Gasteiger partial charge is 0.226 e. The van der Waals surface area contributed by atoms with Crippen LogP contribution in [0.15, 0.2) is 46.9 Å². The molecule has 1 fully saturated rings. The zero-order valence-electron chi connectivity index (χ0n) is 14.7. The van der Waals surface area contributed by atoms with Gasteiger partial charge in [0.1, 0.15) is 0 Å². The maximum atomic E-state index is 12.6. The van der Waals surface area contributed by atoms with E-state index in [0.717, 1.165) is 28.7 Å². The van der Waals surface area contributed by atoms with Gasteiger partial charge in [-0.25, -0.2) is 0 Å². The molecule has 2 aromatic rings. The Morgan fingerprint density at radius 3 is 2.73 bits per heavy atom. The van der Waals surface area contributed by atoms with E-state index < -0.39 is 0 Å². The molecule has 1 aliphatic heterocycles. The molecule has 0 aliphatic carbocycles. The lowest BCUT2D eigenvalue weighted by Gasteiger charge is -2.25. The van der Waals surface area contributed by atoms with E-state index in [1.807, 2.05) is 54.3 Å². The summed E-state index contributed by atoms with van der Waals surface area (Å²) in [7, 11) is 0. The molecule has 6 heteroatoms. The minimum atomic E-state index is -0.227. The Bertz CT molecular complexity index is 795. The number of halogens is 1. The molecule has 0 saturated carbocycles. The van der Waals surface area contributed by atoms with Crippen LogP contribution in [0.3, 0.4) is 0 Å². The van der Waals surface area contributed by atoms with Crippen LogP contribution in [-0.2, 0) is 16.0 Å². The van der Waals surface area contributed by atoms with Crippen molar-refractivity contribution < 1.29 is 9.59 Å². The van der Waals surface area contributed by atoms with E-state index in [-0.39, 0.29) is 24.3 Å². The highest BCUT2D eigenvalue weighted by Gasteiger charge is 2.25. The molecule has 0 spiro atoms. The maximum absolute atomic E-state index is 12.6. The third kappa shape index (κ3) is 4.69. The van der Waals surface area contributed by atoms with Gasteiger partial charge in [0, 0.05) is 29.7 Å². The second-order valence-electron chi connectivity index (χ2n) is 6.53. The highest BCUT2D eigenvalue weighted by Crippen LogP contribution is 2.20. The van der Waals surface area contributed by atoms with Gasteiger partial charge in [-0.15, -0.1) is 0 Å². The lowest BCUT2D eigenvalue weighted by Crippen LogP contribution is -2.39. The maximum Gasteiger partial charge on any atom is 0.226 e. The first kappa shape index (κ1) is 18.6. The zero-order valence-corrected chi connectivity index (χ0v) is 16.3. The number of aryl methyl sites for hydroxylation is 1. The van der Waals surface area contributed by atoms with Gasteiger partial charge in [-0.3, -0.25) is 14.6 Å². The quantitative estimate of drug-likeness (QED) is 0.787. The van der Waals surface area contributed by atoms with Gasteiger partial charge in [0.15, 0.2) is 0 Å². The summed E-state index contributed by atoms with van der Waals surface area (Å²) in [4.78, 5) is 30.9. The van der Waals surface area contributed by atoms with E-state index in [9.17, 15) is 9.59 Å². The van der Waals surface area contributed by atoms with E-state index in [1.54, 1.807) is 0 Å². The van der Waals surface area contributed by atoms with Crippen LogP contribution >= 0.6 is 15.9 Å². The van der Waals surface area contributed by atoms with Gasteiger partial charge >= 0.3 is 0 Å². The average molecular weight is 416 g/mol. The fourth-order valence-corrected chi connectivity index (χ4v) is 3.51. The standard InChI is InChI=1S/C20H22BrN3O2/c1-14-9-10-16(21)17(22-14)12-19(25)23-18(15-6-3-2-4-7-15)13-24-11-5-8-20(24)26/h2-4,6-7,9-10,18H,5,8,11-13H2,1H3,(H,23,25). The molecule has 5 nitrogen and oxygen atoms in total. The molecule has 1 aromatic carbocycles. The predicted molar refractivity (Wildman–Crippen MR) is 104 cm³/mol. The number of hydrogen-bond donors (Lipinski definition) is 1. The van der Waals surface area contributed by atoms with Crippen LogP contribution in [0.4, 0.5) is 0 Å². The minimum Gasteiger partial charge on any atom is -0.347 e. The van der Waals surface area contributed by atoms with Crippen molar-refractivity contribution in [3.05, 3.63) is 63.9 Å². The lowest BCUT2D eigenvalue weighted by atomic mass is 10.1. The third-order valence-electron chi connectivity index (χ3n) is 4.50. The summed E-state index contributed by atoms with van der Waals surface area (Å²) < 4.78 is 0.823. The summed E-state index contributed by atoms with van der Waals surface area (Å²) in [5.41, 5.74) is 2.58. The van der Waals surface area contributed by atoms with Gasteiger partial charge in [-0.2, -0.15) is 0 Å². The van der Waals surface area contributed by atoms with Gasteiger partial charge in [0.05, 0.1) is 18.2 Å². The number of aromatic nitrogens is 1. The van der Waals surface area contributed by atoms with Crippen molar-refractivity contribution in [3.8, 4) is 0 Å². The molecule has 26 heavy (non-hydrogen) atoms.